The molecule has 0 unspecified atom stereocenters. The molecule has 0 aliphatic heterocycles. The van der Waals surface area contributed by atoms with Gasteiger partial charge in [-0.2, -0.15) is 0 Å². The fourth-order valence-corrected chi connectivity index (χ4v) is 5.14. The quantitative estimate of drug-likeness (QED) is 0.493. The predicted molar refractivity (Wildman–Crippen MR) is 117 cm³/mol. The summed E-state index contributed by atoms with van der Waals surface area (Å²) in [5.74, 6) is 0.811. The molecule has 3 aromatic heterocycles. The minimum Gasteiger partial charge on any atom is -0.497 e. The monoisotopic (exact) mass is 401 g/mol. The van der Waals surface area contributed by atoms with Crippen molar-refractivity contribution in [3.63, 3.8) is 0 Å². The third-order valence-corrected chi connectivity index (χ3v) is 6.66. The van der Waals surface area contributed by atoms with Crippen molar-refractivity contribution in [3.8, 4) is 28.1 Å². The number of ether oxygens (including phenoxy) is 1. The molecule has 0 fully saturated rings. The SMILES string of the molecule is COc1ccc2c(c1)CCc1c-2nc2sc(C(C)=O)c(N)c2c1-c1cccnc1. The van der Waals surface area contributed by atoms with Crippen LogP contribution in [0.2, 0.25) is 0 Å². The first-order chi connectivity index (χ1) is 14.1. The number of anilines is 1. The number of ketones is 1. The highest BCUT2D eigenvalue weighted by Crippen LogP contribution is 2.46. The number of aromatic nitrogens is 2. The molecule has 1 aromatic carbocycles. The largest absolute Gasteiger partial charge is 0.497 e. The molecule has 144 valence electrons. The number of benzene rings is 1. The Balaban J connectivity index is 1.89. The van der Waals surface area contributed by atoms with Crippen molar-refractivity contribution in [3.05, 3.63) is 58.7 Å². The zero-order valence-corrected chi connectivity index (χ0v) is 17.0. The third-order valence-electron chi connectivity index (χ3n) is 5.46. The molecule has 29 heavy (non-hydrogen) atoms. The fourth-order valence-electron chi connectivity index (χ4n) is 4.14. The number of pyridine rings is 2. The maximum Gasteiger partial charge on any atom is 0.171 e. The van der Waals surface area contributed by atoms with Crippen molar-refractivity contribution in [2.75, 3.05) is 12.8 Å². The number of aryl methyl sites for hydroxylation is 1. The summed E-state index contributed by atoms with van der Waals surface area (Å²) in [4.78, 5) is 22.8. The first-order valence-electron chi connectivity index (χ1n) is 9.42. The van der Waals surface area contributed by atoms with Gasteiger partial charge in [-0.3, -0.25) is 9.78 Å². The molecule has 2 N–H and O–H groups in total. The number of rotatable bonds is 3. The van der Waals surface area contributed by atoms with Crippen LogP contribution in [0.5, 0.6) is 5.75 Å². The van der Waals surface area contributed by atoms with E-state index in [1.807, 2.05) is 24.4 Å². The second-order valence-electron chi connectivity index (χ2n) is 7.16. The van der Waals surface area contributed by atoms with Crippen LogP contribution in [0.15, 0.2) is 42.7 Å². The van der Waals surface area contributed by atoms with Gasteiger partial charge >= 0.3 is 0 Å². The van der Waals surface area contributed by atoms with E-state index >= 15 is 0 Å². The van der Waals surface area contributed by atoms with E-state index in [0.717, 1.165) is 56.8 Å². The number of fused-ring (bicyclic) bond motifs is 4. The molecular weight excluding hydrogens is 382 g/mol. The van der Waals surface area contributed by atoms with Crippen molar-refractivity contribution < 1.29 is 9.53 Å². The summed E-state index contributed by atoms with van der Waals surface area (Å²) in [6, 6.07) is 10.1. The zero-order chi connectivity index (χ0) is 20.1. The van der Waals surface area contributed by atoms with Crippen LogP contribution in [0.3, 0.4) is 0 Å². The van der Waals surface area contributed by atoms with Crippen LogP contribution >= 0.6 is 11.3 Å². The van der Waals surface area contributed by atoms with Crippen molar-refractivity contribution in [1.29, 1.82) is 0 Å². The van der Waals surface area contributed by atoms with Crippen LogP contribution in [0.25, 0.3) is 32.6 Å². The van der Waals surface area contributed by atoms with Gasteiger partial charge in [0.05, 0.1) is 23.4 Å². The van der Waals surface area contributed by atoms with Crippen LogP contribution < -0.4 is 10.5 Å². The van der Waals surface area contributed by atoms with E-state index in [1.165, 1.54) is 16.9 Å². The minimum absolute atomic E-state index is 0.0363. The van der Waals surface area contributed by atoms with Gasteiger partial charge in [0, 0.05) is 41.4 Å². The molecule has 0 bridgehead atoms. The molecule has 1 aliphatic carbocycles. The summed E-state index contributed by atoms with van der Waals surface area (Å²) in [7, 11) is 1.68. The van der Waals surface area contributed by atoms with Crippen molar-refractivity contribution in [1.82, 2.24) is 9.97 Å². The number of carbonyl (C=O) groups excluding carboxylic acids is 1. The Morgan fingerprint density at radius 3 is 2.83 bits per heavy atom. The Labute approximate surface area is 172 Å². The summed E-state index contributed by atoms with van der Waals surface area (Å²) < 4.78 is 5.40. The van der Waals surface area contributed by atoms with Gasteiger partial charge in [-0.1, -0.05) is 6.07 Å². The molecule has 3 heterocycles. The van der Waals surface area contributed by atoms with Crippen LogP contribution in [0, 0.1) is 0 Å². The van der Waals surface area contributed by atoms with Gasteiger partial charge < -0.3 is 10.5 Å². The first-order valence-corrected chi connectivity index (χ1v) is 10.2. The Morgan fingerprint density at radius 1 is 1.24 bits per heavy atom. The number of methoxy groups -OCH3 is 1. The molecule has 5 rings (SSSR count). The molecule has 0 saturated heterocycles. The maximum absolute atomic E-state index is 12.2. The molecule has 0 spiro atoms. The van der Waals surface area contributed by atoms with E-state index in [1.54, 1.807) is 20.2 Å². The van der Waals surface area contributed by atoms with Crippen LogP contribution in [0.1, 0.15) is 27.7 Å². The zero-order valence-electron chi connectivity index (χ0n) is 16.2. The lowest BCUT2D eigenvalue weighted by Gasteiger charge is -2.23. The molecule has 1 aliphatic rings. The summed E-state index contributed by atoms with van der Waals surface area (Å²) in [5.41, 5.74) is 13.4. The Morgan fingerprint density at radius 2 is 2.10 bits per heavy atom. The Bertz CT molecular complexity index is 1280. The van der Waals surface area contributed by atoms with Crippen LogP contribution in [-0.2, 0) is 12.8 Å². The predicted octanol–water partition coefficient (Wildman–Crippen LogP) is 4.92. The van der Waals surface area contributed by atoms with Gasteiger partial charge in [0.25, 0.3) is 0 Å². The van der Waals surface area contributed by atoms with Gasteiger partial charge in [-0.05, 0) is 48.2 Å². The number of nitrogens with zero attached hydrogens (tertiary/aromatic N) is 2. The van der Waals surface area contributed by atoms with E-state index in [2.05, 4.69) is 17.1 Å². The fraction of sp³-hybridized carbons (Fsp3) is 0.174. The Kier molecular flexibility index (Phi) is 4.10. The van der Waals surface area contributed by atoms with E-state index < -0.39 is 0 Å². The molecule has 0 amide bonds. The summed E-state index contributed by atoms with van der Waals surface area (Å²) in [6.45, 7) is 1.55. The first kappa shape index (κ1) is 17.8. The second-order valence-corrected chi connectivity index (χ2v) is 8.16. The standard InChI is InChI=1S/C23H19N3O2S/c1-12(27)22-20(24)19-18(14-4-3-9-25-11-14)17-7-5-13-10-15(28-2)6-8-16(13)21(17)26-23(19)29-22/h3-4,6,8-11H,5,7,24H2,1-2H3. The average molecular weight is 401 g/mol. The van der Waals surface area contributed by atoms with E-state index in [4.69, 9.17) is 15.5 Å². The van der Waals surface area contributed by atoms with Gasteiger partial charge in [-0.15, -0.1) is 11.3 Å². The number of carbonyl (C=O) groups is 1. The number of nitrogen functional groups attached to an aromatic ring is 1. The van der Waals surface area contributed by atoms with E-state index in [-0.39, 0.29) is 5.78 Å². The van der Waals surface area contributed by atoms with Crippen molar-refractivity contribution >= 4 is 33.0 Å². The second kappa shape index (κ2) is 6.67. The van der Waals surface area contributed by atoms with Crippen LogP contribution in [-0.4, -0.2) is 22.9 Å². The number of hydrogen-bond acceptors (Lipinski definition) is 6. The number of Topliss-reactive ketones (excluding diaryl/α,β-unsaturated/α-hetero) is 1. The normalized spacial score (nSPS) is 12.5. The number of nitrogens with two attached hydrogens (primary N) is 1. The number of hydrogen-bond donors (Lipinski definition) is 1. The molecular formula is C23H19N3O2S. The van der Waals surface area contributed by atoms with Gasteiger partial charge in [0.1, 0.15) is 10.6 Å². The number of thiophene rings is 1. The molecule has 4 aromatic rings. The lowest BCUT2D eigenvalue weighted by Crippen LogP contribution is -2.08. The molecule has 5 nitrogen and oxygen atoms in total. The van der Waals surface area contributed by atoms with Crippen molar-refractivity contribution in [2.45, 2.75) is 19.8 Å². The smallest absolute Gasteiger partial charge is 0.171 e. The molecule has 6 heteroatoms. The van der Waals surface area contributed by atoms with Gasteiger partial charge in [-0.25, -0.2) is 4.98 Å². The van der Waals surface area contributed by atoms with Crippen molar-refractivity contribution in [2.24, 2.45) is 0 Å². The molecule has 0 atom stereocenters. The Hall–Kier alpha value is -3.25. The minimum atomic E-state index is -0.0363. The molecule has 0 radical (unpaired) electrons. The van der Waals surface area contributed by atoms with E-state index in [0.29, 0.717) is 10.6 Å². The summed E-state index contributed by atoms with van der Waals surface area (Å²) in [5, 5.41) is 0.865. The van der Waals surface area contributed by atoms with E-state index in [9.17, 15) is 4.79 Å². The summed E-state index contributed by atoms with van der Waals surface area (Å²) >= 11 is 1.37. The average Bonchev–Trinajstić information content (AvgIpc) is 3.08. The highest BCUT2D eigenvalue weighted by atomic mass is 32.1. The maximum atomic E-state index is 12.2. The van der Waals surface area contributed by atoms with Gasteiger partial charge in [0.2, 0.25) is 0 Å². The molecule has 0 saturated carbocycles. The topological polar surface area (TPSA) is 78.1 Å². The van der Waals surface area contributed by atoms with Crippen LogP contribution in [0.4, 0.5) is 5.69 Å². The lowest BCUT2D eigenvalue weighted by molar-refractivity contribution is 0.102. The lowest BCUT2D eigenvalue weighted by atomic mass is 9.84. The highest BCUT2D eigenvalue weighted by Gasteiger charge is 2.27. The third kappa shape index (κ3) is 2.71. The highest BCUT2D eigenvalue weighted by molar-refractivity contribution is 7.21. The van der Waals surface area contributed by atoms with Gasteiger partial charge in [0.15, 0.2) is 5.78 Å². The summed E-state index contributed by atoms with van der Waals surface area (Å²) in [6.07, 6.45) is 5.34.